The van der Waals surface area contributed by atoms with Gasteiger partial charge in [-0.3, -0.25) is 14.3 Å². The van der Waals surface area contributed by atoms with Crippen LogP contribution in [0.1, 0.15) is 38.4 Å². The van der Waals surface area contributed by atoms with Crippen LogP contribution in [0.5, 0.6) is 0 Å². The molecule has 1 amide bonds. The maximum absolute atomic E-state index is 12.3. The summed E-state index contributed by atoms with van der Waals surface area (Å²) >= 11 is 0. The molecule has 0 spiro atoms. The van der Waals surface area contributed by atoms with E-state index in [0.29, 0.717) is 12.1 Å². The van der Waals surface area contributed by atoms with E-state index in [9.17, 15) is 9.59 Å². The van der Waals surface area contributed by atoms with Gasteiger partial charge in [-0.2, -0.15) is 5.10 Å². The highest BCUT2D eigenvalue weighted by Gasteiger charge is 2.15. The average molecular weight is 377 g/mol. The molecule has 0 aliphatic heterocycles. The minimum atomic E-state index is -0.861. The van der Waals surface area contributed by atoms with Gasteiger partial charge in [0.15, 0.2) is 0 Å². The second kappa shape index (κ2) is 8.08. The van der Waals surface area contributed by atoms with E-state index >= 15 is 0 Å². The first kappa shape index (κ1) is 19.4. The number of benzene rings is 2. The predicted octanol–water partition coefficient (Wildman–Crippen LogP) is 3.74. The number of nitrogens with zero attached hydrogens (tertiary/aromatic N) is 2. The zero-order valence-corrected chi connectivity index (χ0v) is 16.2. The van der Waals surface area contributed by atoms with Crippen molar-refractivity contribution in [3.05, 3.63) is 82.2 Å². The van der Waals surface area contributed by atoms with E-state index in [-0.39, 0.29) is 12.3 Å². The molecule has 144 valence electrons. The summed E-state index contributed by atoms with van der Waals surface area (Å²) in [7, 11) is 0. The van der Waals surface area contributed by atoms with Crippen molar-refractivity contribution in [1.29, 1.82) is 0 Å². The largest absolute Gasteiger partial charge is 0.481 e. The number of amides is 1. The lowest BCUT2D eigenvalue weighted by Gasteiger charge is -2.11. The van der Waals surface area contributed by atoms with Crippen LogP contribution in [-0.4, -0.2) is 26.8 Å². The van der Waals surface area contributed by atoms with Crippen LogP contribution in [0, 0.1) is 20.8 Å². The molecule has 1 aromatic heterocycles. The lowest BCUT2D eigenvalue weighted by Crippen LogP contribution is -2.13. The highest BCUT2D eigenvalue weighted by molar-refractivity contribution is 6.04. The predicted molar refractivity (Wildman–Crippen MR) is 108 cm³/mol. The van der Waals surface area contributed by atoms with Crippen LogP contribution in [0.3, 0.4) is 0 Å². The van der Waals surface area contributed by atoms with E-state index in [1.165, 1.54) is 0 Å². The zero-order valence-electron chi connectivity index (χ0n) is 16.2. The zero-order chi connectivity index (χ0) is 20.3. The average Bonchev–Trinajstić information content (AvgIpc) is 2.91. The molecule has 0 aliphatic rings. The van der Waals surface area contributed by atoms with Crippen molar-refractivity contribution >= 4 is 17.6 Å². The van der Waals surface area contributed by atoms with Gasteiger partial charge in [0.25, 0.3) is 5.91 Å². The third kappa shape index (κ3) is 4.28. The summed E-state index contributed by atoms with van der Waals surface area (Å²) in [5, 5.41) is 16.5. The van der Waals surface area contributed by atoms with Crippen LogP contribution in [0.15, 0.2) is 48.5 Å². The molecular formula is C22H23N3O3. The molecule has 2 aromatic carbocycles. The molecule has 6 nitrogen and oxygen atoms in total. The minimum Gasteiger partial charge on any atom is -0.481 e. The van der Waals surface area contributed by atoms with Crippen LogP contribution in [0.4, 0.5) is 5.69 Å². The second-order valence-electron chi connectivity index (χ2n) is 6.85. The van der Waals surface area contributed by atoms with Crippen molar-refractivity contribution < 1.29 is 14.7 Å². The summed E-state index contributed by atoms with van der Waals surface area (Å²) in [5.74, 6) is -1.01. The fourth-order valence-corrected chi connectivity index (χ4v) is 3.22. The lowest BCUT2D eigenvalue weighted by atomic mass is 10.1. The summed E-state index contributed by atoms with van der Waals surface area (Å²) in [4.78, 5) is 23.4. The summed E-state index contributed by atoms with van der Waals surface area (Å²) in [6, 6.07) is 14.9. The molecule has 0 unspecified atom stereocenters. The number of aromatic nitrogens is 2. The first-order valence-corrected chi connectivity index (χ1v) is 9.05. The minimum absolute atomic E-state index is 0.0266. The van der Waals surface area contributed by atoms with Crippen molar-refractivity contribution in [3.63, 3.8) is 0 Å². The quantitative estimate of drug-likeness (QED) is 0.685. The van der Waals surface area contributed by atoms with Gasteiger partial charge in [-0.15, -0.1) is 0 Å². The molecule has 0 saturated carbocycles. The van der Waals surface area contributed by atoms with Crippen LogP contribution in [-0.2, 0) is 17.8 Å². The van der Waals surface area contributed by atoms with E-state index in [4.69, 9.17) is 5.11 Å². The number of carboxylic acid groups (broad SMARTS) is 1. The monoisotopic (exact) mass is 377 g/mol. The van der Waals surface area contributed by atoms with Gasteiger partial charge in [-0.25, -0.2) is 0 Å². The number of hydrogen-bond acceptors (Lipinski definition) is 3. The summed E-state index contributed by atoms with van der Waals surface area (Å²) in [6.45, 7) is 6.20. The number of carbonyl (C=O) groups is 2. The third-order valence-corrected chi connectivity index (χ3v) is 4.77. The maximum atomic E-state index is 12.3. The van der Waals surface area contributed by atoms with Gasteiger partial charge in [0.05, 0.1) is 18.7 Å². The van der Waals surface area contributed by atoms with E-state index in [2.05, 4.69) is 10.4 Å². The van der Waals surface area contributed by atoms with Crippen LogP contribution in [0.25, 0.3) is 0 Å². The van der Waals surface area contributed by atoms with Crippen molar-refractivity contribution in [2.24, 2.45) is 0 Å². The van der Waals surface area contributed by atoms with E-state index < -0.39 is 5.97 Å². The Labute approximate surface area is 163 Å². The molecule has 3 aromatic rings. The first-order valence-electron chi connectivity index (χ1n) is 9.05. The van der Waals surface area contributed by atoms with Crippen LogP contribution >= 0.6 is 0 Å². The highest BCUT2D eigenvalue weighted by Crippen LogP contribution is 2.20. The molecule has 28 heavy (non-hydrogen) atoms. The number of nitrogens with one attached hydrogen (secondary N) is 1. The normalized spacial score (nSPS) is 10.7. The number of hydrogen-bond donors (Lipinski definition) is 2. The molecule has 1 heterocycles. The Hall–Kier alpha value is -3.41. The third-order valence-electron chi connectivity index (χ3n) is 4.77. The van der Waals surface area contributed by atoms with Crippen LogP contribution < -0.4 is 5.32 Å². The van der Waals surface area contributed by atoms with Gasteiger partial charge in [0.2, 0.25) is 0 Å². The Morgan fingerprint density at radius 1 is 1.07 bits per heavy atom. The van der Waals surface area contributed by atoms with E-state index in [0.717, 1.165) is 33.8 Å². The molecule has 0 saturated heterocycles. The van der Waals surface area contributed by atoms with Gasteiger partial charge < -0.3 is 10.4 Å². The van der Waals surface area contributed by atoms with Crippen molar-refractivity contribution in [2.75, 3.05) is 5.32 Å². The fourth-order valence-electron chi connectivity index (χ4n) is 3.22. The lowest BCUT2D eigenvalue weighted by molar-refractivity contribution is -0.136. The maximum Gasteiger partial charge on any atom is 0.307 e. The van der Waals surface area contributed by atoms with E-state index in [1.807, 2.05) is 61.9 Å². The Morgan fingerprint density at radius 2 is 1.79 bits per heavy atom. The molecule has 0 bridgehead atoms. The number of rotatable bonds is 6. The summed E-state index contributed by atoms with van der Waals surface area (Å²) in [5.41, 5.74) is 5.72. The number of carbonyl (C=O) groups excluding carboxylic acids is 1. The second-order valence-corrected chi connectivity index (χ2v) is 6.85. The summed E-state index contributed by atoms with van der Waals surface area (Å²) in [6.07, 6.45) is -0.0266. The van der Waals surface area contributed by atoms with Crippen molar-refractivity contribution in [2.45, 2.75) is 33.7 Å². The Balaban J connectivity index is 1.76. The number of aliphatic carboxylic acids is 1. The number of anilines is 1. The highest BCUT2D eigenvalue weighted by atomic mass is 16.4. The molecular weight excluding hydrogens is 354 g/mol. The molecule has 3 rings (SSSR count). The molecule has 2 N–H and O–H groups in total. The summed E-state index contributed by atoms with van der Waals surface area (Å²) < 4.78 is 1.82. The fraction of sp³-hybridized carbons (Fsp3) is 0.227. The Bertz CT molecular complexity index is 1020. The standard InChI is InChI=1S/C22H23N3O3/c1-14-11-17(13-25-16(3)19(12-21(26)27)15(2)24-25)9-10-20(14)23-22(28)18-7-5-4-6-8-18/h4-11H,12-13H2,1-3H3,(H,23,28)(H,26,27). The van der Waals surface area contributed by atoms with Gasteiger partial charge in [0, 0.05) is 22.5 Å². The topological polar surface area (TPSA) is 84.2 Å². The Morgan fingerprint density at radius 3 is 2.43 bits per heavy atom. The molecule has 6 heteroatoms. The van der Waals surface area contributed by atoms with Gasteiger partial charge >= 0.3 is 5.97 Å². The molecule has 0 atom stereocenters. The van der Waals surface area contributed by atoms with Gasteiger partial charge in [0.1, 0.15) is 0 Å². The Kier molecular flexibility index (Phi) is 5.59. The number of carboxylic acids is 1. The molecule has 0 radical (unpaired) electrons. The van der Waals surface area contributed by atoms with Gasteiger partial charge in [-0.1, -0.05) is 30.3 Å². The van der Waals surface area contributed by atoms with Crippen LogP contribution in [0.2, 0.25) is 0 Å². The van der Waals surface area contributed by atoms with E-state index in [1.54, 1.807) is 12.1 Å². The first-order chi connectivity index (χ1) is 13.3. The number of aryl methyl sites for hydroxylation is 2. The SMILES string of the molecule is Cc1cc(Cn2nc(C)c(CC(=O)O)c2C)ccc1NC(=O)c1ccccc1. The van der Waals surface area contributed by atoms with Gasteiger partial charge in [-0.05, 0) is 50.1 Å². The molecule has 0 fully saturated rings. The van der Waals surface area contributed by atoms with Crippen molar-refractivity contribution in [3.8, 4) is 0 Å². The smallest absolute Gasteiger partial charge is 0.307 e. The molecule has 0 aliphatic carbocycles. The van der Waals surface area contributed by atoms with Crippen molar-refractivity contribution in [1.82, 2.24) is 9.78 Å².